The van der Waals surface area contributed by atoms with Crippen molar-refractivity contribution >= 4 is 5.91 Å². The summed E-state index contributed by atoms with van der Waals surface area (Å²) in [7, 11) is 1.86. The molecule has 1 aromatic rings. The second-order valence-corrected chi connectivity index (χ2v) is 4.26. The van der Waals surface area contributed by atoms with Gasteiger partial charge in [-0.05, 0) is 19.8 Å². The van der Waals surface area contributed by atoms with Crippen LogP contribution in [0.4, 0.5) is 0 Å². The monoisotopic (exact) mass is 239 g/mol. The molecular weight excluding hydrogens is 218 g/mol. The van der Waals surface area contributed by atoms with Crippen LogP contribution in [0, 0.1) is 6.92 Å². The summed E-state index contributed by atoms with van der Waals surface area (Å²) in [5.41, 5.74) is 0. The molecule has 5 heteroatoms. The molecule has 1 heterocycles. The van der Waals surface area contributed by atoms with E-state index in [-0.39, 0.29) is 5.91 Å². The van der Waals surface area contributed by atoms with E-state index in [2.05, 4.69) is 17.1 Å². The summed E-state index contributed by atoms with van der Waals surface area (Å²) in [6.45, 7) is 4.75. The molecule has 1 aromatic heterocycles. The van der Waals surface area contributed by atoms with E-state index in [1.54, 1.807) is 11.8 Å². The van der Waals surface area contributed by atoms with Gasteiger partial charge < -0.3 is 9.42 Å². The highest BCUT2D eigenvalue weighted by Crippen LogP contribution is 2.04. The average molecular weight is 239 g/mol. The molecule has 0 aromatic carbocycles. The van der Waals surface area contributed by atoms with Gasteiger partial charge in [0.1, 0.15) is 0 Å². The maximum Gasteiger partial charge on any atom is 0.226 e. The van der Waals surface area contributed by atoms with Gasteiger partial charge in [-0.2, -0.15) is 4.98 Å². The largest absolute Gasteiger partial charge is 0.346 e. The Balaban J connectivity index is 2.19. The van der Waals surface area contributed by atoms with Crippen LogP contribution in [0.25, 0.3) is 0 Å². The van der Waals surface area contributed by atoms with E-state index in [1.807, 2.05) is 7.05 Å². The molecule has 0 spiro atoms. The Kier molecular flexibility index (Phi) is 5.66. The lowest BCUT2D eigenvalue weighted by Gasteiger charge is -2.16. The van der Waals surface area contributed by atoms with E-state index in [1.165, 1.54) is 0 Å². The predicted octanol–water partition coefficient (Wildman–Crippen LogP) is 1.96. The Labute approximate surface area is 102 Å². The number of nitrogens with zero attached hydrogens (tertiary/aromatic N) is 3. The fourth-order valence-corrected chi connectivity index (χ4v) is 1.54. The van der Waals surface area contributed by atoms with Gasteiger partial charge in [0, 0.05) is 26.4 Å². The molecule has 0 saturated carbocycles. The number of amides is 1. The van der Waals surface area contributed by atoms with Gasteiger partial charge in [0.15, 0.2) is 5.82 Å². The third-order valence-corrected chi connectivity index (χ3v) is 2.62. The topological polar surface area (TPSA) is 59.2 Å². The smallest absolute Gasteiger partial charge is 0.226 e. The predicted molar refractivity (Wildman–Crippen MR) is 64.5 cm³/mol. The quantitative estimate of drug-likeness (QED) is 0.729. The first-order chi connectivity index (χ1) is 8.13. The Morgan fingerprint density at radius 1 is 1.41 bits per heavy atom. The molecule has 0 bridgehead atoms. The van der Waals surface area contributed by atoms with E-state index < -0.39 is 0 Å². The second kappa shape index (κ2) is 7.04. The average Bonchev–Trinajstić information content (AvgIpc) is 2.71. The van der Waals surface area contributed by atoms with Gasteiger partial charge in [0.25, 0.3) is 0 Å². The lowest BCUT2D eigenvalue weighted by Crippen LogP contribution is -2.27. The molecule has 0 atom stereocenters. The lowest BCUT2D eigenvalue weighted by atomic mass is 10.2. The first-order valence-corrected chi connectivity index (χ1v) is 6.16. The number of aryl methyl sites for hydroxylation is 2. The van der Waals surface area contributed by atoms with Crippen LogP contribution in [0.2, 0.25) is 0 Å². The Morgan fingerprint density at radius 3 is 2.76 bits per heavy atom. The van der Waals surface area contributed by atoms with Crippen LogP contribution in [0.15, 0.2) is 4.52 Å². The molecule has 5 nitrogen and oxygen atoms in total. The molecule has 0 radical (unpaired) electrons. The minimum atomic E-state index is 0.190. The van der Waals surface area contributed by atoms with Gasteiger partial charge in [-0.1, -0.05) is 18.5 Å². The summed E-state index contributed by atoms with van der Waals surface area (Å²) in [6.07, 6.45) is 4.15. The van der Waals surface area contributed by atoms with Gasteiger partial charge in [0.05, 0.1) is 0 Å². The number of hydrogen-bond donors (Lipinski definition) is 0. The Bertz CT molecular complexity index is 349. The number of unbranched alkanes of at least 4 members (excludes halogenated alkanes) is 1. The molecule has 0 unspecified atom stereocenters. The van der Waals surface area contributed by atoms with Crippen molar-refractivity contribution in [3.8, 4) is 0 Å². The molecule has 96 valence electrons. The number of carbonyl (C=O) groups excluding carboxylic acids is 1. The Hall–Kier alpha value is -1.39. The van der Waals surface area contributed by atoms with Crippen molar-refractivity contribution in [1.29, 1.82) is 0 Å². The van der Waals surface area contributed by atoms with Crippen molar-refractivity contribution in [2.24, 2.45) is 0 Å². The zero-order valence-electron chi connectivity index (χ0n) is 10.9. The summed E-state index contributed by atoms with van der Waals surface area (Å²) in [5, 5.41) is 3.71. The number of rotatable bonds is 7. The van der Waals surface area contributed by atoms with Crippen LogP contribution in [0.3, 0.4) is 0 Å². The van der Waals surface area contributed by atoms with Gasteiger partial charge >= 0.3 is 0 Å². The van der Waals surface area contributed by atoms with E-state index >= 15 is 0 Å². The van der Waals surface area contributed by atoms with Crippen LogP contribution < -0.4 is 0 Å². The first-order valence-electron chi connectivity index (χ1n) is 6.16. The fourth-order valence-electron chi connectivity index (χ4n) is 1.54. The summed E-state index contributed by atoms with van der Waals surface area (Å²) >= 11 is 0. The van der Waals surface area contributed by atoms with Crippen LogP contribution in [-0.2, 0) is 11.2 Å². The molecule has 0 aliphatic rings. The van der Waals surface area contributed by atoms with Gasteiger partial charge in [-0.3, -0.25) is 4.79 Å². The standard InChI is InChI=1S/C12H21N3O2/c1-4-5-9-15(3)12(16)8-6-7-11-13-10(2)14-17-11/h4-9H2,1-3H3. The summed E-state index contributed by atoms with van der Waals surface area (Å²) in [4.78, 5) is 17.6. The normalized spacial score (nSPS) is 10.5. The van der Waals surface area contributed by atoms with Crippen molar-refractivity contribution in [3.05, 3.63) is 11.7 Å². The molecule has 0 N–H and O–H groups in total. The highest BCUT2D eigenvalue weighted by molar-refractivity contribution is 5.75. The lowest BCUT2D eigenvalue weighted by molar-refractivity contribution is -0.130. The number of aromatic nitrogens is 2. The summed E-state index contributed by atoms with van der Waals surface area (Å²) in [6, 6.07) is 0. The van der Waals surface area contributed by atoms with Crippen LogP contribution in [-0.4, -0.2) is 34.5 Å². The van der Waals surface area contributed by atoms with Gasteiger partial charge in [-0.15, -0.1) is 0 Å². The minimum Gasteiger partial charge on any atom is -0.346 e. The van der Waals surface area contributed by atoms with Crippen LogP contribution in [0.1, 0.15) is 44.3 Å². The van der Waals surface area contributed by atoms with Crippen molar-refractivity contribution in [1.82, 2.24) is 15.0 Å². The van der Waals surface area contributed by atoms with Gasteiger partial charge in [-0.25, -0.2) is 0 Å². The maximum atomic E-state index is 11.7. The van der Waals surface area contributed by atoms with E-state index in [0.29, 0.717) is 24.6 Å². The molecule has 0 aliphatic carbocycles. The highest BCUT2D eigenvalue weighted by Gasteiger charge is 2.09. The molecule has 1 rings (SSSR count). The van der Waals surface area contributed by atoms with E-state index in [9.17, 15) is 4.79 Å². The molecule has 17 heavy (non-hydrogen) atoms. The van der Waals surface area contributed by atoms with Crippen molar-refractivity contribution < 1.29 is 9.32 Å². The second-order valence-electron chi connectivity index (χ2n) is 4.26. The number of carbonyl (C=O) groups is 1. The third-order valence-electron chi connectivity index (χ3n) is 2.62. The van der Waals surface area contributed by atoms with E-state index in [4.69, 9.17) is 4.52 Å². The zero-order chi connectivity index (χ0) is 12.7. The SMILES string of the molecule is CCCCN(C)C(=O)CCCc1nc(C)no1. The third kappa shape index (κ3) is 4.97. The van der Waals surface area contributed by atoms with Crippen molar-refractivity contribution in [2.45, 2.75) is 46.0 Å². The maximum absolute atomic E-state index is 11.7. The van der Waals surface area contributed by atoms with Crippen molar-refractivity contribution in [3.63, 3.8) is 0 Å². The Morgan fingerprint density at radius 2 is 2.18 bits per heavy atom. The zero-order valence-corrected chi connectivity index (χ0v) is 10.9. The number of hydrogen-bond acceptors (Lipinski definition) is 4. The molecule has 0 fully saturated rings. The van der Waals surface area contributed by atoms with Crippen molar-refractivity contribution in [2.75, 3.05) is 13.6 Å². The van der Waals surface area contributed by atoms with E-state index in [0.717, 1.165) is 25.8 Å². The first kappa shape index (κ1) is 13.7. The summed E-state index contributed by atoms with van der Waals surface area (Å²) in [5.74, 6) is 1.45. The fraction of sp³-hybridized carbons (Fsp3) is 0.750. The molecule has 0 aliphatic heterocycles. The van der Waals surface area contributed by atoms with Crippen LogP contribution >= 0.6 is 0 Å². The molecular formula is C12H21N3O2. The van der Waals surface area contributed by atoms with Gasteiger partial charge in [0.2, 0.25) is 11.8 Å². The molecule has 0 saturated heterocycles. The van der Waals surface area contributed by atoms with Crippen LogP contribution in [0.5, 0.6) is 0 Å². The highest BCUT2D eigenvalue weighted by atomic mass is 16.5. The summed E-state index contributed by atoms with van der Waals surface area (Å²) < 4.78 is 4.99. The minimum absolute atomic E-state index is 0.190. The molecule has 1 amide bonds.